The molecule has 0 radical (unpaired) electrons. The number of hydrogen-bond donors (Lipinski definition) is 2. The minimum Gasteiger partial charge on any atom is -0.363 e. The van der Waals surface area contributed by atoms with Crippen LogP contribution in [0, 0.1) is 5.82 Å². The van der Waals surface area contributed by atoms with Gasteiger partial charge in [0.05, 0.1) is 6.20 Å². The highest BCUT2D eigenvalue weighted by Gasteiger charge is 2.23. The summed E-state index contributed by atoms with van der Waals surface area (Å²) in [5.74, 6) is -0.221. The zero-order valence-corrected chi connectivity index (χ0v) is 17.4. The van der Waals surface area contributed by atoms with Crippen molar-refractivity contribution >= 4 is 50.9 Å². The van der Waals surface area contributed by atoms with Gasteiger partial charge in [0.25, 0.3) is 0 Å². The van der Waals surface area contributed by atoms with E-state index >= 15 is 0 Å². The van der Waals surface area contributed by atoms with Gasteiger partial charge in [-0.1, -0.05) is 39.7 Å². The van der Waals surface area contributed by atoms with E-state index in [4.69, 9.17) is 11.6 Å². The molecule has 1 aliphatic heterocycles. The van der Waals surface area contributed by atoms with Gasteiger partial charge in [0.1, 0.15) is 0 Å². The van der Waals surface area contributed by atoms with E-state index in [9.17, 15) is 9.18 Å². The van der Waals surface area contributed by atoms with E-state index in [1.165, 1.54) is 0 Å². The Hall–Kier alpha value is -2.19. The number of hydrogen-bond acceptors (Lipinski definition) is 5. The molecular formula is C19H20BrClFN5O. The number of piperidine rings is 1. The molecule has 6 nitrogen and oxygen atoms in total. The van der Waals surface area contributed by atoms with Crippen molar-refractivity contribution in [2.75, 3.05) is 29.1 Å². The lowest BCUT2D eigenvalue weighted by Crippen LogP contribution is -2.44. The number of alkyl halides is 1. The van der Waals surface area contributed by atoms with Crippen molar-refractivity contribution in [2.45, 2.75) is 18.9 Å². The first kappa shape index (κ1) is 20.5. The molecule has 2 aromatic rings. The largest absolute Gasteiger partial charge is 0.363 e. The van der Waals surface area contributed by atoms with Gasteiger partial charge in [-0.15, -0.1) is 0 Å². The van der Waals surface area contributed by atoms with Crippen molar-refractivity contribution in [3.05, 3.63) is 53.5 Å². The third-order valence-electron chi connectivity index (χ3n) is 4.25. The average Bonchev–Trinajstić information content (AvgIpc) is 2.69. The smallest absolute Gasteiger partial charge is 0.246 e. The van der Waals surface area contributed by atoms with Crippen LogP contribution in [0.3, 0.4) is 0 Å². The van der Waals surface area contributed by atoms with Gasteiger partial charge in [-0.05, 0) is 37.1 Å². The van der Waals surface area contributed by atoms with Gasteiger partial charge < -0.3 is 15.5 Å². The molecule has 1 atom stereocenters. The Balaban J connectivity index is 1.68. The molecule has 2 heterocycles. The van der Waals surface area contributed by atoms with Crippen LogP contribution in [-0.2, 0) is 4.79 Å². The van der Waals surface area contributed by atoms with Crippen LogP contribution in [0.1, 0.15) is 12.8 Å². The van der Waals surface area contributed by atoms with E-state index < -0.39 is 5.82 Å². The highest BCUT2D eigenvalue weighted by atomic mass is 79.9. The fourth-order valence-corrected chi connectivity index (χ4v) is 3.34. The third kappa shape index (κ3) is 5.65. The van der Waals surface area contributed by atoms with Gasteiger partial charge in [-0.3, -0.25) is 4.79 Å². The molecule has 0 spiro atoms. The summed E-state index contributed by atoms with van der Waals surface area (Å²) in [4.78, 5) is 22.1. The Morgan fingerprint density at radius 2 is 2.32 bits per heavy atom. The van der Waals surface area contributed by atoms with E-state index in [1.54, 1.807) is 35.3 Å². The van der Waals surface area contributed by atoms with Crippen LogP contribution in [0.2, 0.25) is 5.02 Å². The summed E-state index contributed by atoms with van der Waals surface area (Å²) in [6, 6.07) is 7.02. The minimum atomic E-state index is -0.542. The Morgan fingerprint density at radius 1 is 1.46 bits per heavy atom. The minimum absolute atomic E-state index is 0.0441. The zero-order valence-electron chi connectivity index (χ0n) is 15.0. The van der Waals surface area contributed by atoms with Crippen LogP contribution in [0.4, 0.5) is 21.8 Å². The van der Waals surface area contributed by atoms with Crippen LogP contribution < -0.4 is 10.6 Å². The van der Waals surface area contributed by atoms with Gasteiger partial charge in [0, 0.05) is 35.2 Å². The topological polar surface area (TPSA) is 70.2 Å². The maximum absolute atomic E-state index is 14.2. The lowest BCUT2D eigenvalue weighted by molar-refractivity contribution is -0.127. The summed E-state index contributed by atoms with van der Waals surface area (Å²) in [7, 11) is 0. The van der Waals surface area contributed by atoms with E-state index in [2.05, 4.69) is 36.5 Å². The summed E-state index contributed by atoms with van der Waals surface area (Å²) >= 11 is 9.24. The summed E-state index contributed by atoms with van der Waals surface area (Å²) in [6.45, 7) is 1.18. The van der Waals surface area contributed by atoms with Crippen molar-refractivity contribution in [3.63, 3.8) is 0 Å². The molecule has 28 heavy (non-hydrogen) atoms. The second kappa shape index (κ2) is 9.84. The average molecular weight is 469 g/mol. The fourth-order valence-electron chi connectivity index (χ4n) is 2.96. The fraction of sp³-hybridized carbons (Fsp3) is 0.316. The Morgan fingerprint density at radius 3 is 3.11 bits per heavy atom. The van der Waals surface area contributed by atoms with Crippen LogP contribution in [0.25, 0.3) is 0 Å². The summed E-state index contributed by atoms with van der Waals surface area (Å²) in [5.41, 5.74) is 0.707. The first-order valence-corrected chi connectivity index (χ1v) is 10.4. The number of benzene rings is 1. The molecule has 1 aromatic heterocycles. The van der Waals surface area contributed by atoms with Crippen molar-refractivity contribution in [1.29, 1.82) is 0 Å². The van der Waals surface area contributed by atoms with E-state index in [0.29, 0.717) is 29.1 Å². The molecule has 3 rings (SSSR count). The molecular weight excluding hydrogens is 449 g/mol. The van der Waals surface area contributed by atoms with E-state index in [-0.39, 0.29) is 23.7 Å². The molecule has 1 fully saturated rings. The summed E-state index contributed by atoms with van der Waals surface area (Å²) in [5, 5.41) is 7.32. The lowest BCUT2D eigenvalue weighted by Gasteiger charge is -2.32. The maximum Gasteiger partial charge on any atom is 0.246 e. The van der Waals surface area contributed by atoms with Crippen molar-refractivity contribution in [2.24, 2.45) is 0 Å². The number of rotatable bonds is 6. The van der Waals surface area contributed by atoms with Gasteiger partial charge >= 0.3 is 0 Å². The normalized spacial score (nSPS) is 17.0. The maximum atomic E-state index is 14.2. The Kier molecular flexibility index (Phi) is 7.22. The first-order chi connectivity index (χ1) is 13.5. The van der Waals surface area contributed by atoms with Crippen molar-refractivity contribution in [3.8, 4) is 0 Å². The molecule has 0 saturated carbocycles. The van der Waals surface area contributed by atoms with Crippen molar-refractivity contribution in [1.82, 2.24) is 14.9 Å². The van der Waals surface area contributed by atoms with Gasteiger partial charge in [-0.2, -0.15) is 4.98 Å². The molecule has 1 aromatic carbocycles. The molecule has 1 amide bonds. The van der Waals surface area contributed by atoms with Gasteiger partial charge in [0.15, 0.2) is 11.6 Å². The number of nitrogens with zero attached hydrogens (tertiary/aromatic N) is 3. The van der Waals surface area contributed by atoms with Gasteiger partial charge in [-0.25, -0.2) is 9.37 Å². The van der Waals surface area contributed by atoms with E-state index in [0.717, 1.165) is 19.0 Å². The molecule has 1 saturated heterocycles. The van der Waals surface area contributed by atoms with Crippen LogP contribution in [0.15, 0.2) is 42.6 Å². The number of amides is 1. The molecule has 0 bridgehead atoms. The number of carbonyl (C=O) groups is 1. The highest BCUT2D eigenvalue weighted by Crippen LogP contribution is 2.21. The van der Waals surface area contributed by atoms with Crippen LogP contribution in [0.5, 0.6) is 0 Å². The number of likely N-dealkylation sites (tertiary alicyclic amines) is 1. The molecule has 148 valence electrons. The molecule has 0 unspecified atom stereocenters. The molecule has 9 heteroatoms. The van der Waals surface area contributed by atoms with Crippen LogP contribution >= 0.6 is 27.5 Å². The highest BCUT2D eigenvalue weighted by molar-refractivity contribution is 9.09. The van der Waals surface area contributed by atoms with E-state index in [1.807, 2.05) is 6.07 Å². The second-order valence-corrected chi connectivity index (χ2v) is 7.43. The molecule has 2 N–H and O–H groups in total. The SMILES string of the molecule is O=C(C=CCBr)N1CCC[C@@H](Nc2nc(Nc3cccc(Cl)c3)ncc2F)C1. The van der Waals surface area contributed by atoms with Crippen molar-refractivity contribution < 1.29 is 9.18 Å². The predicted octanol–water partition coefficient (Wildman–Crippen LogP) is 4.37. The number of carbonyl (C=O) groups excluding carboxylic acids is 1. The first-order valence-electron chi connectivity index (χ1n) is 8.88. The number of aromatic nitrogens is 2. The summed E-state index contributed by atoms with van der Waals surface area (Å²) in [6.07, 6.45) is 6.09. The number of nitrogens with one attached hydrogen (secondary N) is 2. The predicted molar refractivity (Wildman–Crippen MR) is 113 cm³/mol. The number of anilines is 3. The molecule has 0 aliphatic carbocycles. The monoisotopic (exact) mass is 467 g/mol. The second-order valence-electron chi connectivity index (χ2n) is 6.35. The molecule has 1 aliphatic rings. The Bertz CT molecular complexity index is 866. The zero-order chi connectivity index (χ0) is 19.9. The standard InChI is InChI=1S/C19H20BrClFN5O/c20-8-2-7-17(28)27-9-3-6-15(12-27)24-18-16(22)11-23-19(26-18)25-14-5-1-4-13(21)10-14/h1-2,4-5,7,10-11,15H,3,6,8-9,12H2,(H2,23,24,25,26)/t15-/m1/s1. The van der Waals surface area contributed by atoms with Gasteiger partial charge in [0.2, 0.25) is 11.9 Å². The summed E-state index contributed by atoms with van der Waals surface area (Å²) < 4.78 is 14.2. The van der Waals surface area contributed by atoms with Crippen LogP contribution in [-0.4, -0.2) is 45.2 Å². The third-order valence-corrected chi connectivity index (χ3v) is 4.86. The Labute approximate surface area is 176 Å². The number of allylic oxidation sites excluding steroid dienone is 1. The number of halogens is 3. The quantitative estimate of drug-likeness (QED) is 0.487. The lowest BCUT2D eigenvalue weighted by atomic mass is 10.1.